The van der Waals surface area contributed by atoms with E-state index >= 15 is 0 Å². The standard InChI is InChI=1S/C15H23FN2/c1-10-5-4-8-18(12(10)3)15-7-6-13(11(2)17)9-14(15)16/h6-7,9-12H,4-5,8,17H2,1-3H3/t10?,11-,12?/m1/s1. The highest BCUT2D eigenvalue weighted by Crippen LogP contribution is 2.31. The second-order valence-electron chi connectivity index (χ2n) is 5.55. The van der Waals surface area contributed by atoms with Crippen molar-refractivity contribution in [3.8, 4) is 0 Å². The highest BCUT2D eigenvalue weighted by molar-refractivity contribution is 5.51. The average Bonchev–Trinajstić information content (AvgIpc) is 2.33. The third kappa shape index (κ3) is 2.51. The first-order chi connectivity index (χ1) is 8.50. The van der Waals surface area contributed by atoms with E-state index in [0.29, 0.717) is 12.0 Å². The van der Waals surface area contributed by atoms with Gasteiger partial charge >= 0.3 is 0 Å². The zero-order valence-electron chi connectivity index (χ0n) is 11.5. The maximum Gasteiger partial charge on any atom is 0.146 e. The van der Waals surface area contributed by atoms with E-state index in [2.05, 4.69) is 18.7 Å². The van der Waals surface area contributed by atoms with Gasteiger partial charge in [0.05, 0.1) is 5.69 Å². The minimum absolute atomic E-state index is 0.119. The summed E-state index contributed by atoms with van der Waals surface area (Å²) in [5.41, 5.74) is 7.36. The fraction of sp³-hybridized carbons (Fsp3) is 0.600. The fourth-order valence-corrected chi connectivity index (χ4v) is 2.71. The predicted octanol–water partition coefficient (Wildman–Crippen LogP) is 3.47. The molecular weight excluding hydrogens is 227 g/mol. The summed E-state index contributed by atoms with van der Waals surface area (Å²) in [6.45, 7) is 7.24. The monoisotopic (exact) mass is 250 g/mol. The van der Waals surface area contributed by atoms with Gasteiger partial charge in [0.15, 0.2) is 0 Å². The number of halogens is 1. The lowest BCUT2D eigenvalue weighted by Crippen LogP contribution is -2.42. The molecule has 0 bridgehead atoms. The van der Waals surface area contributed by atoms with Crippen molar-refractivity contribution < 1.29 is 4.39 Å². The van der Waals surface area contributed by atoms with Gasteiger partial charge in [-0.1, -0.05) is 13.0 Å². The molecular formula is C15H23FN2. The summed E-state index contributed by atoms with van der Waals surface area (Å²) < 4.78 is 14.2. The summed E-state index contributed by atoms with van der Waals surface area (Å²) in [4.78, 5) is 2.19. The Hall–Kier alpha value is -1.09. The Morgan fingerprint density at radius 1 is 1.39 bits per heavy atom. The third-order valence-electron chi connectivity index (χ3n) is 4.18. The highest BCUT2D eigenvalue weighted by Gasteiger charge is 2.26. The Morgan fingerprint density at radius 2 is 2.11 bits per heavy atom. The zero-order chi connectivity index (χ0) is 13.3. The molecule has 0 saturated carbocycles. The maximum atomic E-state index is 14.2. The van der Waals surface area contributed by atoms with Gasteiger partial charge in [-0.3, -0.25) is 0 Å². The van der Waals surface area contributed by atoms with E-state index < -0.39 is 0 Å². The zero-order valence-corrected chi connectivity index (χ0v) is 11.5. The van der Waals surface area contributed by atoms with Gasteiger partial charge in [-0.15, -0.1) is 0 Å². The molecule has 0 aliphatic carbocycles. The van der Waals surface area contributed by atoms with Crippen LogP contribution in [0.5, 0.6) is 0 Å². The van der Waals surface area contributed by atoms with Gasteiger partial charge in [-0.05, 0) is 50.3 Å². The van der Waals surface area contributed by atoms with Crippen LogP contribution in [0.15, 0.2) is 18.2 Å². The van der Waals surface area contributed by atoms with Crippen LogP contribution in [0.1, 0.15) is 45.2 Å². The van der Waals surface area contributed by atoms with Crippen LogP contribution in [-0.2, 0) is 0 Å². The van der Waals surface area contributed by atoms with Crippen LogP contribution in [0.2, 0.25) is 0 Å². The van der Waals surface area contributed by atoms with E-state index in [1.54, 1.807) is 6.07 Å². The lowest BCUT2D eigenvalue weighted by Gasteiger charge is -2.39. The van der Waals surface area contributed by atoms with Gasteiger partial charge in [-0.2, -0.15) is 0 Å². The number of nitrogens with zero attached hydrogens (tertiary/aromatic N) is 1. The predicted molar refractivity (Wildman–Crippen MR) is 74.2 cm³/mol. The van der Waals surface area contributed by atoms with Crippen molar-refractivity contribution in [1.29, 1.82) is 0 Å². The minimum atomic E-state index is -0.147. The van der Waals surface area contributed by atoms with Crippen molar-refractivity contribution in [3.63, 3.8) is 0 Å². The molecule has 3 atom stereocenters. The first-order valence-electron chi connectivity index (χ1n) is 6.82. The molecule has 1 heterocycles. The van der Waals surface area contributed by atoms with E-state index in [-0.39, 0.29) is 11.9 Å². The summed E-state index contributed by atoms with van der Waals surface area (Å²) in [7, 11) is 0. The Morgan fingerprint density at radius 3 is 2.72 bits per heavy atom. The van der Waals surface area contributed by atoms with Crippen LogP contribution >= 0.6 is 0 Å². The Balaban J connectivity index is 2.27. The third-order valence-corrected chi connectivity index (χ3v) is 4.18. The Labute approximate surface area is 109 Å². The fourth-order valence-electron chi connectivity index (χ4n) is 2.71. The van der Waals surface area contributed by atoms with Gasteiger partial charge in [0.25, 0.3) is 0 Å². The molecule has 0 amide bonds. The van der Waals surface area contributed by atoms with Crippen molar-refractivity contribution in [2.45, 2.75) is 45.7 Å². The van der Waals surface area contributed by atoms with E-state index in [9.17, 15) is 4.39 Å². The van der Waals surface area contributed by atoms with Crippen LogP contribution in [0, 0.1) is 11.7 Å². The van der Waals surface area contributed by atoms with E-state index in [1.807, 2.05) is 19.1 Å². The van der Waals surface area contributed by atoms with Gasteiger partial charge in [0.2, 0.25) is 0 Å². The summed E-state index contributed by atoms with van der Waals surface area (Å²) in [6, 6.07) is 5.67. The lowest BCUT2D eigenvalue weighted by atomic mass is 9.91. The molecule has 0 radical (unpaired) electrons. The van der Waals surface area contributed by atoms with Crippen LogP contribution < -0.4 is 10.6 Å². The Bertz CT molecular complexity index is 417. The minimum Gasteiger partial charge on any atom is -0.366 e. The molecule has 1 aliphatic rings. The normalized spacial score (nSPS) is 26.2. The quantitative estimate of drug-likeness (QED) is 0.871. The first-order valence-corrected chi connectivity index (χ1v) is 6.82. The molecule has 3 heteroatoms. The molecule has 1 saturated heterocycles. The van der Waals surface area contributed by atoms with Crippen LogP contribution in [-0.4, -0.2) is 12.6 Å². The summed E-state index contributed by atoms with van der Waals surface area (Å²) in [5, 5.41) is 0. The average molecular weight is 250 g/mol. The molecule has 2 N–H and O–H groups in total. The van der Waals surface area contributed by atoms with Gasteiger partial charge in [0, 0.05) is 18.6 Å². The highest BCUT2D eigenvalue weighted by atomic mass is 19.1. The molecule has 0 spiro atoms. The second-order valence-corrected chi connectivity index (χ2v) is 5.55. The second kappa shape index (κ2) is 5.27. The number of nitrogens with two attached hydrogens (primary N) is 1. The number of hydrogen-bond donors (Lipinski definition) is 1. The molecule has 1 aliphatic heterocycles. The van der Waals surface area contributed by atoms with E-state index in [0.717, 1.165) is 24.2 Å². The SMILES string of the molecule is CC1CCCN(c2ccc([C@@H](C)N)cc2F)C1C. The molecule has 0 aromatic heterocycles. The lowest BCUT2D eigenvalue weighted by molar-refractivity contribution is 0.360. The molecule has 2 rings (SSSR count). The molecule has 1 fully saturated rings. The Kier molecular flexibility index (Phi) is 3.91. The van der Waals surface area contributed by atoms with Crippen LogP contribution in [0.25, 0.3) is 0 Å². The van der Waals surface area contributed by atoms with Gasteiger partial charge in [-0.25, -0.2) is 4.39 Å². The first kappa shape index (κ1) is 13.3. The molecule has 18 heavy (non-hydrogen) atoms. The number of anilines is 1. The summed E-state index contributed by atoms with van der Waals surface area (Å²) in [5.74, 6) is 0.469. The smallest absolute Gasteiger partial charge is 0.146 e. The molecule has 2 unspecified atom stereocenters. The topological polar surface area (TPSA) is 29.3 Å². The molecule has 1 aromatic rings. The molecule has 2 nitrogen and oxygen atoms in total. The van der Waals surface area contributed by atoms with Crippen molar-refractivity contribution in [2.75, 3.05) is 11.4 Å². The van der Waals surface area contributed by atoms with Crippen molar-refractivity contribution >= 4 is 5.69 Å². The van der Waals surface area contributed by atoms with Crippen molar-refractivity contribution in [2.24, 2.45) is 11.7 Å². The largest absolute Gasteiger partial charge is 0.366 e. The summed E-state index contributed by atoms with van der Waals surface area (Å²) in [6.07, 6.45) is 2.37. The summed E-state index contributed by atoms with van der Waals surface area (Å²) >= 11 is 0. The molecule has 100 valence electrons. The molecule has 1 aromatic carbocycles. The van der Waals surface area contributed by atoms with Crippen LogP contribution in [0.3, 0.4) is 0 Å². The van der Waals surface area contributed by atoms with Crippen LogP contribution in [0.4, 0.5) is 10.1 Å². The number of rotatable bonds is 2. The number of hydrogen-bond acceptors (Lipinski definition) is 2. The number of benzene rings is 1. The van der Waals surface area contributed by atoms with Crippen molar-refractivity contribution in [1.82, 2.24) is 0 Å². The van der Waals surface area contributed by atoms with E-state index in [1.165, 1.54) is 6.42 Å². The maximum absolute atomic E-state index is 14.2. The number of piperidine rings is 1. The van der Waals surface area contributed by atoms with Gasteiger partial charge < -0.3 is 10.6 Å². The van der Waals surface area contributed by atoms with Crippen molar-refractivity contribution in [3.05, 3.63) is 29.6 Å². The van der Waals surface area contributed by atoms with Gasteiger partial charge in [0.1, 0.15) is 5.82 Å². The van der Waals surface area contributed by atoms with E-state index in [4.69, 9.17) is 5.73 Å².